The molecule has 1 unspecified atom stereocenters. The summed E-state index contributed by atoms with van der Waals surface area (Å²) in [6.07, 6.45) is 4.18. The summed E-state index contributed by atoms with van der Waals surface area (Å²) in [6, 6.07) is 0. The van der Waals surface area contributed by atoms with Gasteiger partial charge in [-0.2, -0.15) is 5.10 Å². The largest absolute Gasteiger partial charge is 0.444 e. The lowest BCUT2D eigenvalue weighted by atomic mass is 9.75. The average molecular weight is 483 g/mol. The Hall–Kier alpha value is -2.00. The second-order valence-corrected chi connectivity index (χ2v) is 11.3. The molecule has 1 aromatic rings. The summed E-state index contributed by atoms with van der Waals surface area (Å²) in [4.78, 5) is 15.8. The molecule has 7 nitrogen and oxygen atoms in total. The summed E-state index contributed by atoms with van der Waals surface area (Å²) in [5.41, 5.74) is 3.00. The van der Waals surface area contributed by atoms with E-state index in [-0.39, 0.29) is 24.5 Å². The number of rotatable bonds is 8. The molecule has 1 atom stereocenters. The van der Waals surface area contributed by atoms with E-state index in [1.165, 1.54) is 4.68 Å². The number of alkyl halides is 2. The van der Waals surface area contributed by atoms with Crippen LogP contribution in [0.5, 0.6) is 0 Å². The monoisotopic (exact) mass is 482 g/mol. The maximum atomic E-state index is 14.2. The fourth-order valence-corrected chi connectivity index (χ4v) is 4.67. The number of methoxy groups -OCH3 is 1. The number of allylic oxidation sites excluding steroid dienone is 2. The third kappa shape index (κ3) is 6.56. The maximum absolute atomic E-state index is 14.2. The Morgan fingerprint density at radius 3 is 2.56 bits per heavy atom. The van der Waals surface area contributed by atoms with Crippen molar-refractivity contribution >= 4 is 11.7 Å². The Balaban J connectivity index is 1.73. The van der Waals surface area contributed by atoms with E-state index in [4.69, 9.17) is 9.47 Å². The second-order valence-electron chi connectivity index (χ2n) is 11.3. The maximum Gasteiger partial charge on any atom is 0.410 e. The standard InChI is InChI=1S/C25H40F2N4O3/c1-23(2,3)34-22(32)30(6)13-12-29(5)15-19-21(20-14-25(26,27)16-31(20)28-19)18-8-10-24(4,11-9-18)17-33-7/h8H,9-17H2,1-7H3. The first-order valence-corrected chi connectivity index (χ1v) is 12.0. The molecule has 0 bridgehead atoms. The first-order chi connectivity index (χ1) is 15.7. The van der Waals surface area contributed by atoms with Gasteiger partial charge in [0.1, 0.15) is 12.1 Å². The van der Waals surface area contributed by atoms with Gasteiger partial charge in [-0.15, -0.1) is 0 Å². The number of ether oxygens (including phenoxy) is 2. The Morgan fingerprint density at radius 1 is 1.26 bits per heavy atom. The fourth-order valence-electron chi connectivity index (χ4n) is 4.67. The molecule has 1 aliphatic heterocycles. The second kappa shape index (κ2) is 9.93. The molecule has 0 saturated carbocycles. The van der Waals surface area contributed by atoms with E-state index in [9.17, 15) is 13.6 Å². The third-order valence-electron chi connectivity index (χ3n) is 6.53. The van der Waals surface area contributed by atoms with E-state index < -0.39 is 11.5 Å². The van der Waals surface area contributed by atoms with Crippen LogP contribution in [-0.2, 0) is 29.0 Å². The van der Waals surface area contributed by atoms with Crippen LogP contribution >= 0.6 is 0 Å². The lowest BCUT2D eigenvalue weighted by Crippen LogP contribution is -2.38. The van der Waals surface area contributed by atoms with Crippen molar-refractivity contribution in [3.8, 4) is 0 Å². The molecule has 1 aliphatic carbocycles. The summed E-state index contributed by atoms with van der Waals surface area (Å²) in [5, 5.41) is 4.61. The SMILES string of the molecule is COCC1(C)CC=C(c2c(CN(C)CCN(C)C(=O)OC(C)(C)C)nn3c2CC(F)(F)C3)CC1. The zero-order valence-corrected chi connectivity index (χ0v) is 21.7. The van der Waals surface area contributed by atoms with Gasteiger partial charge in [0.05, 0.1) is 24.4 Å². The molecule has 0 fully saturated rings. The van der Waals surface area contributed by atoms with E-state index in [1.807, 2.05) is 27.8 Å². The highest BCUT2D eigenvalue weighted by molar-refractivity contribution is 5.71. The van der Waals surface area contributed by atoms with Crippen LogP contribution in [-0.4, -0.2) is 78.1 Å². The van der Waals surface area contributed by atoms with Gasteiger partial charge in [-0.05, 0) is 58.1 Å². The highest BCUT2D eigenvalue weighted by atomic mass is 19.3. The number of hydrogen-bond acceptors (Lipinski definition) is 5. The van der Waals surface area contributed by atoms with Crippen molar-refractivity contribution in [1.29, 1.82) is 0 Å². The molecule has 1 amide bonds. The van der Waals surface area contributed by atoms with Crippen molar-refractivity contribution in [2.45, 2.75) is 78.0 Å². The van der Waals surface area contributed by atoms with Gasteiger partial charge in [0.2, 0.25) is 0 Å². The van der Waals surface area contributed by atoms with Gasteiger partial charge in [-0.3, -0.25) is 9.58 Å². The number of hydrogen-bond donors (Lipinski definition) is 0. The quantitative estimate of drug-likeness (QED) is 0.542. The van der Waals surface area contributed by atoms with Crippen molar-refractivity contribution in [3.63, 3.8) is 0 Å². The first-order valence-electron chi connectivity index (χ1n) is 12.0. The van der Waals surface area contributed by atoms with Crippen molar-refractivity contribution < 1.29 is 23.0 Å². The minimum atomic E-state index is -2.75. The highest BCUT2D eigenvalue weighted by Crippen LogP contribution is 2.43. The minimum absolute atomic E-state index is 0.0712. The highest BCUT2D eigenvalue weighted by Gasteiger charge is 2.42. The van der Waals surface area contributed by atoms with Gasteiger partial charge in [-0.25, -0.2) is 13.6 Å². The molecule has 1 aromatic heterocycles. The summed E-state index contributed by atoms with van der Waals surface area (Å²) in [6.45, 7) is 9.66. The van der Waals surface area contributed by atoms with Crippen LogP contribution in [0.15, 0.2) is 6.08 Å². The Morgan fingerprint density at radius 2 is 1.97 bits per heavy atom. The molecule has 0 spiro atoms. The summed E-state index contributed by atoms with van der Waals surface area (Å²) in [5.74, 6) is -2.75. The first kappa shape index (κ1) is 26.6. The molecular formula is C25H40F2N4O3. The molecule has 9 heteroatoms. The summed E-state index contributed by atoms with van der Waals surface area (Å²) in [7, 11) is 5.38. The smallest absolute Gasteiger partial charge is 0.410 e. The van der Waals surface area contributed by atoms with E-state index in [2.05, 4.69) is 23.0 Å². The molecule has 2 aliphatic rings. The third-order valence-corrected chi connectivity index (χ3v) is 6.53. The average Bonchev–Trinajstić information content (AvgIpc) is 3.16. The number of fused-ring (bicyclic) bond motifs is 1. The van der Waals surface area contributed by atoms with Gasteiger partial charge in [-0.1, -0.05) is 13.0 Å². The zero-order valence-electron chi connectivity index (χ0n) is 21.7. The molecule has 192 valence electrons. The molecule has 2 heterocycles. The normalized spacial score (nSPS) is 22.0. The zero-order chi connectivity index (χ0) is 25.3. The van der Waals surface area contributed by atoms with Crippen molar-refractivity contribution in [1.82, 2.24) is 19.6 Å². The van der Waals surface area contributed by atoms with E-state index >= 15 is 0 Å². The molecule has 0 aromatic carbocycles. The predicted octanol–water partition coefficient (Wildman–Crippen LogP) is 4.59. The van der Waals surface area contributed by atoms with Gasteiger partial charge in [0.15, 0.2) is 0 Å². The molecule has 0 radical (unpaired) electrons. The lowest BCUT2D eigenvalue weighted by Gasteiger charge is -2.32. The van der Waals surface area contributed by atoms with E-state index in [0.717, 1.165) is 36.1 Å². The number of halogens is 2. The van der Waals surface area contributed by atoms with E-state index in [1.54, 1.807) is 19.1 Å². The number of carbonyl (C=O) groups is 1. The number of nitrogens with zero attached hydrogens (tertiary/aromatic N) is 4. The Bertz CT molecular complexity index is 922. The predicted molar refractivity (Wildman–Crippen MR) is 128 cm³/mol. The summed E-state index contributed by atoms with van der Waals surface area (Å²) < 4.78 is 40.7. The number of likely N-dealkylation sites (N-methyl/N-ethyl adjacent to an activating group) is 2. The topological polar surface area (TPSA) is 59.8 Å². The van der Waals surface area contributed by atoms with Gasteiger partial charge < -0.3 is 14.4 Å². The van der Waals surface area contributed by atoms with Gasteiger partial charge in [0, 0.05) is 39.4 Å². The van der Waals surface area contributed by atoms with E-state index in [0.29, 0.717) is 31.9 Å². The lowest BCUT2D eigenvalue weighted by molar-refractivity contribution is 0.000770. The Labute approximate surface area is 202 Å². The van der Waals surface area contributed by atoms with Crippen LogP contribution < -0.4 is 0 Å². The Kier molecular flexibility index (Phi) is 7.77. The molecular weight excluding hydrogens is 442 g/mol. The fraction of sp³-hybridized carbons (Fsp3) is 0.760. The number of aromatic nitrogens is 2. The van der Waals surface area contributed by atoms with Crippen LogP contribution in [0, 0.1) is 5.41 Å². The molecule has 0 saturated heterocycles. The van der Waals surface area contributed by atoms with Gasteiger partial charge >= 0.3 is 6.09 Å². The van der Waals surface area contributed by atoms with Crippen LogP contribution in [0.4, 0.5) is 13.6 Å². The number of amides is 1. The van der Waals surface area contributed by atoms with Crippen LogP contribution in [0.3, 0.4) is 0 Å². The molecule has 0 N–H and O–H groups in total. The molecule has 3 rings (SSSR count). The van der Waals surface area contributed by atoms with Crippen LogP contribution in [0.25, 0.3) is 5.57 Å². The van der Waals surface area contributed by atoms with Gasteiger partial charge in [0.25, 0.3) is 5.92 Å². The minimum Gasteiger partial charge on any atom is -0.444 e. The van der Waals surface area contributed by atoms with Crippen LogP contribution in [0.2, 0.25) is 0 Å². The summed E-state index contributed by atoms with van der Waals surface area (Å²) >= 11 is 0. The van der Waals surface area contributed by atoms with Crippen molar-refractivity contribution in [3.05, 3.63) is 23.0 Å². The van der Waals surface area contributed by atoms with Crippen molar-refractivity contribution in [2.75, 3.05) is 40.9 Å². The number of carbonyl (C=O) groups excluding carboxylic acids is 1. The van der Waals surface area contributed by atoms with Crippen LogP contribution in [0.1, 0.15) is 63.9 Å². The van der Waals surface area contributed by atoms with Crippen molar-refractivity contribution in [2.24, 2.45) is 5.41 Å². The molecule has 34 heavy (non-hydrogen) atoms.